The summed E-state index contributed by atoms with van der Waals surface area (Å²) in [6.45, 7) is 15.3. The Kier molecular flexibility index (Phi) is 11.3. The van der Waals surface area contributed by atoms with Gasteiger partial charge in [0.15, 0.2) is 5.96 Å². The molecule has 0 aliphatic carbocycles. The molecule has 1 N–H and O–H groups in total. The van der Waals surface area contributed by atoms with Gasteiger partial charge in [0, 0.05) is 52.3 Å². The number of nitrogens with one attached hydrogen (secondary N) is 1. The number of hydrogen-bond acceptors (Lipinski definition) is 3. The van der Waals surface area contributed by atoms with Gasteiger partial charge in [0.05, 0.1) is 6.61 Å². The molecule has 0 saturated carbocycles. The van der Waals surface area contributed by atoms with Crippen LogP contribution >= 0.6 is 24.0 Å². The number of likely N-dealkylation sites (tertiary alicyclic amines) is 1. The van der Waals surface area contributed by atoms with Gasteiger partial charge in [0.2, 0.25) is 0 Å². The molecular formula is C19H39IN4O. The topological polar surface area (TPSA) is 40.1 Å². The Morgan fingerprint density at radius 3 is 2.60 bits per heavy atom. The van der Waals surface area contributed by atoms with Crippen LogP contribution in [0.4, 0.5) is 0 Å². The van der Waals surface area contributed by atoms with Crippen LogP contribution in [0.5, 0.6) is 0 Å². The number of guanidine groups is 1. The van der Waals surface area contributed by atoms with Crippen LogP contribution in [0.15, 0.2) is 4.99 Å². The maximum absolute atomic E-state index is 5.49. The quantitative estimate of drug-likeness (QED) is 0.271. The van der Waals surface area contributed by atoms with E-state index in [1.165, 1.54) is 32.5 Å². The second-order valence-electron chi connectivity index (χ2n) is 7.90. The Bertz CT molecular complexity index is 378. The smallest absolute Gasteiger partial charge is 0.193 e. The molecule has 0 spiro atoms. The minimum atomic E-state index is 0. The molecule has 0 bridgehead atoms. The lowest BCUT2D eigenvalue weighted by Crippen LogP contribution is -2.42. The fourth-order valence-corrected chi connectivity index (χ4v) is 4.12. The van der Waals surface area contributed by atoms with E-state index >= 15 is 0 Å². The molecule has 0 aromatic heterocycles. The summed E-state index contributed by atoms with van der Waals surface area (Å²) in [5, 5.41) is 3.43. The monoisotopic (exact) mass is 466 g/mol. The van der Waals surface area contributed by atoms with Crippen molar-refractivity contribution < 1.29 is 4.74 Å². The molecule has 148 valence electrons. The molecule has 2 aliphatic rings. The molecule has 0 radical (unpaired) electrons. The van der Waals surface area contributed by atoms with Crippen molar-refractivity contribution in [1.82, 2.24) is 15.1 Å². The third-order valence-corrected chi connectivity index (χ3v) is 5.09. The van der Waals surface area contributed by atoms with Crippen molar-refractivity contribution in [3.05, 3.63) is 0 Å². The molecule has 2 aliphatic heterocycles. The fourth-order valence-electron chi connectivity index (χ4n) is 4.12. The first-order chi connectivity index (χ1) is 11.6. The second kappa shape index (κ2) is 12.3. The van der Waals surface area contributed by atoms with Crippen molar-refractivity contribution in [2.75, 3.05) is 59.5 Å². The van der Waals surface area contributed by atoms with E-state index in [2.05, 4.69) is 42.9 Å². The molecule has 3 unspecified atom stereocenters. The van der Waals surface area contributed by atoms with Gasteiger partial charge in [-0.25, -0.2) is 0 Å². The predicted octanol–water partition coefficient (Wildman–Crippen LogP) is 2.91. The number of aliphatic imine (C=N–C) groups is 1. The summed E-state index contributed by atoms with van der Waals surface area (Å²) in [7, 11) is 2.15. The number of hydrogen-bond donors (Lipinski definition) is 1. The number of rotatable bonds is 7. The van der Waals surface area contributed by atoms with Crippen molar-refractivity contribution in [2.24, 2.45) is 22.7 Å². The van der Waals surface area contributed by atoms with E-state index in [1.807, 2.05) is 0 Å². The largest absolute Gasteiger partial charge is 0.381 e. The van der Waals surface area contributed by atoms with Gasteiger partial charge in [-0.2, -0.15) is 0 Å². The first-order valence-corrected chi connectivity index (χ1v) is 9.88. The van der Waals surface area contributed by atoms with Gasteiger partial charge < -0.3 is 19.9 Å². The van der Waals surface area contributed by atoms with Crippen LogP contribution in [0.1, 0.15) is 40.0 Å². The highest BCUT2D eigenvalue weighted by atomic mass is 127. The molecule has 0 aromatic rings. The van der Waals surface area contributed by atoms with Gasteiger partial charge in [0.25, 0.3) is 0 Å². The van der Waals surface area contributed by atoms with Crippen molar-refractivity contribution in [3.8, 4) is 0 Å². The van der Waals surface area contributed by atoms with Gasteiger partial charge in [-0.3, -0.25) is 4.99 Å². The summed E-state index contributed by atoms with van der Waals surface area (Å²) in [4.78, 5) is 9.74. The summed E-state index contributed by atoms with van der Waals surface area (Å²) in [5.41, 5.74) is 0. The molecule has 3 atom stereocenters. The first kappa shape index (κ1) is 23.0. The summed E-state index contributed by atoms with van der Waals surface area (Å²) >= 11 is 0. The van der Waals surface area contributed by atoms with E-state index in [0.29, 0.717) is 5.92 Å². The van der Waals surface area contributed by atoms with E-state index in [4.69, 9.17) is 9.73 Å². The summed E-state index contributed by atoms with van der Waals surface area (Å²) in [6, 6.07) is 0. The zero-order chi connectivity index (χ0) is 17.4. The highest BCUT2D eigenvalue weighted by Crippen LogP contribution is 2.20. The third-order valence-electron chi connectivity index (χ3n) is 5.09. The zero-order valence-corrected chi connectivity index (χ0v) is 19.0. The third kappa shape index (κ3) is 8.43. The summed E-state index contributed by atoms with van der Waals surface area (Å²) in [6.07, 6.45) is 3.71. The van der Waals surface area contributed by atoms with Gasteiger partial charge in [-0.15, -0.1) is 24.0 Å². The second-order valence-corrected chi connectivity index (χ2v) is 7.90. The molecule has 2 heterocycles. The lowest BCUT2D eigenvalue weighted by atomic mass is 9.92. The highest BCUT2D eigenvalue weighted by Gasteiger charge is 2.21. The Balaban J connectivity index is 0.00000312. The van der Waals surface area contributed by atoms with Crippen LogP contribution < -0.4 is 5.32 Å². The number of ether oxygens (including phenoxy) is 1. The molecule has 0 aromatic carbocycles. The first-order valence-electron chi connectivity index (χ1n) is 9.88. The van der Waals surface area contributed by atoms with Crippen LogP contribution in [-0.2, 0) is 4.74 Å². The van der Waals surface area contributed by atoms with Gasteiger partial charge in [0.1, 0.15) is 0 Å². The van der Waals surface area contributed by atoms with Crippen molar-refractivity contribution in [1.29, 1.82) is 0 Å². The molecular weight excluding hydrogens is 427 g/mol. The average Bonchev–Trinajstić information content (AvgIpc) is 3.02. The zero-order valence-electron chi connectivity index (χ0n) is 16.7. The fraction of sp³-hybridized carbons (Fsp3) is 0.947. The number of nitrogens with zero attached hydrogens (tertiary/aromatic N) is 3. The number of piperidine rings is 1. The lowest BCUT2D eigenvalue weighted by Gasteiger charge is -2.34. The average molecular weight is 466 g/mol. The Hall–Kier alpha value is -0.0800. The maximum Gasteiger partial charge on any atom is 0.193 e. The van der Waals surface area contributed by atoms with Crippen LogP contribution in [0.2, 0.25) is 0 Å². The molecule has 2 rings (SSSR count). The van der Waals surface area contributed by atoms with E-state index in [9.17, 15) is 0 Å². The van der Waals surface area contributed by atoms with Gasteiger partial charge >= 0.3 is 0 Å². The summed E-state index contributed by atoms with van der Waals surface area (Å²) in [5.74, 6) is 3.38. The molecule has 5 nitrogen and oxygen atoms in total. The van der Waals surface area contributed by atoms with E-state index in [0.717, 1.165) is 57.1 Å². The SMILES string of the molecule is CCNC(=NCCCN1CC(C)CC(C)C1)N(C)CC1CCOC1.I. The van der Waals surface area contributed by atoms with Crippen molar-refractivity contribution >= 4 is 29.9 Å². The van der Waals surface area contributed by atoms with Crippen LogP contribution in [0.25, 0.3) is 0 Å². The standard InChI is InChI=1S/C19H38N4O.HI/c1-5-20-19(22(4)14-18-7-10-24-15-18)21-8-6-9-23-12-16(2)11-17(3)13-23;/h16-18H,5-15H2,1-4H3,(H,20,21);1H. The highest BCUT2D eigenvalue weighted by molar-refractivity contribution is 14.0. The molecule has 6 heteroatoms. The predicted molar refractivity (Wildman–Crippen MR) is 117 cm³/mol. The normalized spacial score (nSPS) is 27.8. The molecule has 2 saturated heterocycles. The van der Waals surface area contributed by atoms with Crippen LogP contribution in [0.3, 0.4) is 0 Å². The minimum Gasteiger partial charge on any atom is -0.381 e. The van der Waals surface area contributed by atoms with Crippen molar-refractivity contribution in [3.63, 3.8) is 0 Å². The number of halogens is 1. The molecule has 25 heavy (non-hydrogen) atoms. The van der Waals surface area contributed by atoms with Gasteiger partial charge in [-0.05, 0) is 44.6 Å². The maximum atomic E-state index is 5.49. The Morgan fingerprint density at radius 1 is 1.28 bits per heavy atom. The minimum absolute atomic E-state index is 0. The van der Waals surface area contributed by atoms with Crippen LogP contribution in [-0.4, -0.2) is 75.3 Å². The van der Waals surface area contributed by atoms with E-state index in [-0.39, 0.29) is 24.0 Å². The molecule has 0 amide bonds. The van der Waals surface area contributed by atoms with Gasteiger partial charge in [-0.1, -0.05) is 13.8 Å². The van der Waals surface area contributed by atoms with E-state index < -0.39 is 0 Å². The Morgan fingerprint density at radius 2 is 2.00 bits per heavy atom. The van der Waals surface area contributed by atoms with Crippen LogP contribution in [0, 0.1) is 17.8 Å². The lowest BCUT2D eigenvalue weighted by molar-refractivity contribution is 0.140. The van der Waals surface area contributed by atoms with Crippen molar-refractivity contribution in [2.45, 2.75) is 40.0 Å². The summed E-state index contributed by atoms with van der Waals surface area (Å²) < 4.78 is 5.49. The molecule has 2 fully saturated rings. The van der Waals surface area contributed by atoms with E-state index in [1.54, 1.807) is 0 Å². The Labute approximate surface area is 172 Å².